The van der Waals surface area contributed by atoms with Gasteiger partial charge in [0, 0.05) is 7.11 Å². The van der Waals surface area contributed by atoms with Crippen LogP contribution in [-0.4, -0.2) is 35.6 Å². The van der Waals surface area contributed by atoms with Gasteiger partial charge in [-0.2, -0.15) is 0 Å². The molecule has 0 aromatic carbocycles. The van der Waals surface area contributed by atoms with E-state index in [0.717, 1.165) is 50.4 Å². The molecule has 130 valence electrons. The summed E-state index contributed by atoms with van der Waals surface area (Å²) >= 11 is 0. The highest BCUT2D eigenvalue weighted by molar-refractivity contribution is 4.83. The Kier molecular flexibility index (Phi) is 7.17. The molecule has 3 heteroatoms. The maximum absolute atomic E-state index is 10.5. The lowest BCUT2D eigenvalue weighted by molar-refractivity contribution is -0.0203. The monoisotopic (exact) mass is 312 g/mol. The number of rotatable bonds is 6. The second-order valence-corrected chi connectivity index (χ2v) is 8.06. The van der Waals surface area contributed by atoms with Crippen LogP contribution in [-0.2, 0) is 4.74 Å². The Labute approximate surface area is 136 Å². The van der Waals surface area contributed by atoms with Gasteiger partial charge >= 0.3 is 0 Å². The van der Waals surface area contributed by atoms with Crippen LogP contribution in [0.4, 0.5) is 0 Å². The van der Waals surface area contributed by atoms with Gasteiger partial charge in [0.2, 0.25) is 0 Å². The van der Waals surface area contributed by atoms with Gasteiger partial charge in [-0.1, -0.05) is 13.8 Å². The van der Waals surface area contributed by atoms with E-state index in [1.165, 1.54) is 12.8 Å². The first kappa shape index (κ1) is 18.2. The summed E-state index contributed by atoms with van der Waals surface area (Å²) in [6.45, 7) is 4.61. The summed E-state index contributed by atoms with van der Waals surface area (Å²) in [5, 5.41) is 21.0. The maximum atomic E-state index is 10.5. The zero-order chi connectivity index (χ0) is 16.1. The molecule has 0 aromatic heterocycles. The standard InChI is InChI=1S/C19H36O3/c1-13(2)14-4-6-15(7-5-14)18(20)12-19(21)16-8-10-17(22-3)11-9-16/h13-21H,4-12H2,1-3H3. The van der Waals surface area contributed by atoms with Crippen LogP contribution in [0.25, 0.3) is 0 Å². The fourth-order valence-electron chi connectivity index (χ4n) is 4.54. The number of aliphatic hydroxyl groups excluding tert-OH is 2. The Morgan fingerprint density at radius 1 is 0.773 bits per heavy atom. The van der Waals surface area contributed by atoms with Gasteiger partial charge in [-0.25, -0.2) is 0 Å². The predicted molar refractivity (Wildman–Crippen MR) is 89.7 cm³/mol. The van der Waals surface area contributed by atoms with Gasteiger partial charge in [0.15, 0.2) is 0 Å². The summed E-state index contributed by atoms with van der Waals surface area (Å²) in [7, 11) is 1.78. The van der Waals surface area contributed by atoms with Crippen LogP contribution in [0.1, 0.15) is 71.6 Å². The average Bonchev–Trinajstić information content (AvgIpc) is 2.54. The fraction of sp³-hybridized carbons (Fsp3) is 1.00. The third kappa shape index (κ3) is 4.94. The maximum Gasteiger partial charge on any atom is 0.0593 e. The summed E-state index contributed by atoms with van der Waals surface area (Å²) in [6, 6.07) is 0. The minimum Gasteiger partial charge on any atom is -0.393 e. The SMILES string of the molecule is COC1CCC(C(O)CC(O)C2CCC(C(C)C)CC2)CC1. The molecular weight excluding hydrogens is 276 g/mol. The average molecular weight is 312 g/mol. The molecule has 0 aromatic rings. The summed E-state index contributed by atoms with van der Waals surface area (Å²) in [5.41, 5.74) is 0. The second-order valence-electron chi connectivity index (χ2n) is 8.06. The molecule has 0 saturated heterocycles. The highest BCUT2D eigenvalue weighted by Gasteiger charge is 2.32. The number of aliphatic hydroxyl groups is 2. The highest BCUT2D eigenvalue weighted by Crippen LogP contribution is 2.37. The molecule has 0 spiro atoms. The van der Waals surface area contributed by atoms with Crippen LogP contribution in [0.15, 0.2) is 0 Å². The van der Waals surface area contributed by atoms with E-state index in [2.05, 4.69) is 13.8 Å². The molecule has 0 radical (unpaired) electrons. The smallest absolute Gasteiger partial charge is 0.0593 e. The Balaban J connectivity index is 1.71. The molecule has 3 nitrogen and oxygen atoms in total. The molecule has 2 aliphatic carbocycles. The van der Waals surface area contributed by atoms with E-state index < -0.39 is 0 Å². The predicted octanol–water partition coefficient (Wildman–Crippen LogP) is 3.77. The normalized spacial score (nSPS) is 36.3. The van der Waals surface area contributed by atoms with Crippen LogP contribution in [0.5, 0.6) is 0 Å². The summed E-state index contributed by atoms with van der Waals surface area (Å²) < 4.78 is 5.39. The molecule has 2 N–H and O–H groups in total. The fourth-order valence-corrected chi connectivity index (χ4v) is 4.54. The third-order valence-electron chi connectivity index (χ3n) is 6.38. The van der Waals surface area contributed by atoms with Gasteiger partial charge in [0.05, 0.1) is 18.3 Å². The Morgan fingerprint density at radius 3 is 1.59 bits per heavy atom. The van der Waals surface area contributed by atoms with E-state index in [-0.39, 0.29) is 12.2 Å². The number of ether oxygens (including phenoxy) is 1. The Morgan fingerprint density at radius 2 is 1.18 bits per heavy atom. The number of hydrogen-bond acceptors (Lipinski definition) is 3. The van der Waals surface area contributed by atoms with Crippen LogP contribution in [0, 0.1) is 23.7 Å². The first-order valence-electron chi connectivity index (χ1n) is 9.40. The zero-order valence-corrected chi connectivity index (χ0v) is 14.7. The molecule has 0 aliphatic heterocycles. The summed E-state index contributed by atoms with van der Waals surface area (Å²) in [5.74, 6) is 2.35. The molecule has 2 rings (SSSR count). The van der Waals surface area contributed by atoms with E-state index in [4.69, 9.17) is 4.74 Å². The lowest BCUT2D eigenvalue weighted by Crippen LogP contribution is -2.35. The first-order chi connectivity index (χ1) is 10.5. The van der Waals surface area contributed by atoms with Crippen LogP contribution >= 0.6 is 0 Å². The topological polar surface area (TPSA) is 49.7 Å². The number of methoxy groups -OCH3 is 1. The van der Waals surface area contributed by atoms with Crippen molar-refractivity contribution in [1.82, 2.24) is 0 Å². The van der Waals surface area contributed by atoms with Gasteiger partial charge in [-0.05, 0) is 81.5 Å². The van der Waals surface area contributed by atoms with Gasteiger partial charge in [0.1, 0.15) is 0 Å². The van der Waals surface area contributed by atoms with E-state index in [0.29, 0.717) is 24.4 Å². The van der Waals surface area contributed by atoms with Crippen LogP contribution in [0.2, 0.25) is 0 Å². The molecule has 22 heavy (non-hydrogen) atoms. The van der Waals surface area contributed by atoms with Crippen LogP contribution in [0.3, 0.4) is 0 Å². The van der Waals surface area contributed by atoms with Crippen molar-refractivity contribution >= 4 is 0 Å². The van der Waals surface area contributed by atoms with E-state index in [1.807, 2.05) is 0 Å². The van der Waals surface area contributed by atoms with Crippen molar-refractivity contribution in [2.45, 2.75) is 89.9 Å². The van der Waals surface area contributed by atoms with Gasteiger partial charge < -0.3 is 14.9 Å². The molecule has 2 fully saturated rings. The molecule has 2 aliphatic rings. The van der Waals surface area contributed by atoms with Gasteiger partial charge in [0.25, 0.3) is 0 Å². The molecule has 2 unspecified atom stereocenters. The molecule has 2 atom stereocenters. The van der Waals surface area contributed by atoms with E-state index in [9.17, 15) is 10.2 Å². The Bertz CT molecular complexity index is 302. The lowest BCUT2D eigenvalue weighted by atomic mass is 9.73. The van der Waals surface area contributed by atoms with Crippen molar-refractivity contribution in [1.29, 1.82) is 0 Å². The van der Waals surface area contributed by atoms with Crippen molar-refractivity contribution in [2.24, 2.45) is 23.7 Å². The lowest BCUT2D eigenvalue weighted by Gasteiger charge is -2.36. The summed E-state index contributed by atoms with van der Waals surface area (Å²) in [6.07, 6.45) is 9.21. The van der Waals surface area contributed by atoms with Gasteiger partial charge in [-0.3, -0.25) is 0 Å². The van der Waals surface area contributed by atoms with E-state index in [1.54, 1.807) is 7.11 Å². The van der Waals surface area contributed by atoms with E-state index >= 15 is 0 Å². The molecule has 0 amide bonds. The van der Waals surface area contributed by atoms with Crippen molar-refractivity contribution in [3.8, 4) is 0 Å². The Hall–Kier alpha value is -0.120. The highest BCUT2D eigenvalue weighted by atomic mass is 16.5. The zero-order valence-electron chi connectivity index (χ0n) is 14.7. The summed E-state index contributed by atoms with van der Waals surface area (Å²) in [4.78, 5) is 0. The number of hydrogen-bond donors (Lipinski definition) is 2. The van der Waals surface area contributed by atoms with Crippen molar-refractivity contribution in [3.63, 3.8) is 0 Å². The molecule has 0 bridgehead atoms. The molecule has 0 heterocycles. The molecule has 2 saturated carbocycles. The van der Waals surface area contributed by atoms with Crippen LogP contribution < -0.4 is 0 Å². The minimum atomic E-state index is -0.337. The van der Waals surface area contributed by atoms with Crippen molar-refractivity contribution < 1.29 is 14.9 Å². The van der Waals surface area contributed by atoms with Crippen molar-refractivity contribution in [2.75, 3.05) is 7.11 Å². The quantitative estimate of drug-likeness (QED) is 0.785. The third-order valence-corrected chi connectivity index (χ3v) is 6.38. The van der Waals surface area contributed by atoms with Gasteiger partial charge in [-0.15, -0.1) is 0 Å². The largest absolute Gasteiger partial charge is 0.393 e. The minimum absolute atomic E-state index is 0.316. The second kappa shape index (κ2) is 8.65. The first-order valence-corrected chi connectivity index (χ1v) is 9.40. The molecular formula is C19H36O3. The van der Waals surface area contributed by atoms with Crippen molar-refractivity contribution in [3.05, 3.63) is 0 Å².